The summed E-state index contributed by atoms with van der Waals surface area (Å²) in [5.74, 6) is 1.80. The Labute approximate surface area is 199 Å². The summed E-state index contributed by atoms with van der Waals surface area (Å²) < 4.78 is 11.0. The van der Waals surface area contributed by atoms with Gasteiger partial charge in [-0.2, -0.15) is 0 Å². The Morgan fingerprint density at radius 1 is 1.23 bits per heavy atom. The molecule has 0 bridgehead atoms. The minimum absolute atomic E-state index is 0. The van der Waals surface area contributed by atoms with Gasteiger partial charge < -0.3 is 20.1 Å². The Hall–Kier alpha value is -1.06. The number of rotatable bonds is 11. The van der Waals surface area contributed by atoms with Crippen LogP contribution in [0.1, 0.15) is 50.6 Å². The Bertz CT molecular complexity index is 660. The van der Waals surface area contributed by atoms with Crippen molar-refractivity contribution in [1.29, 1.82) is 0 Å². The molecule has 0 spiro atoms. The average Bonchev–Trinajstić information content (AvgIpc) is 3.31. The maximum Gasteiger partial charge on any atom is 0.191 e. The highest BCUT2D eigenvalue weighted by molar-refractivity contribution is 14.0. The molecule has 0 aromatic heterocycles. The first kappa shape index (κ1) is 25.2. The highest BCUT2D eigenvalue weighted by Crippen LogP contribution is 2.48. The van der Waals surface area contributed by atoms with Crippen LogP contribution in [0.25, 0.3) is 0 Å². The summed E-state index contributed by atoms with van der Waals surface area (Å²) in [6.45, 7) is 7.81. The van der Waals surface area contributed by atoms with E-state index in [9.17, 15) is 0 Å². The fourth-order valence-electron chi connectivity index (χ4n) is 4.17. The lowest BCUT2D eigenvalue weighted by Crippen LogP contribution is -2.44. The van der Waals surface area contributed by atoms with Gasteiger partial charge in [0.2, 0.25) is 0 Å². The number of nitrogens with zero attached hydrogens (tertiary/aromatic N) is 2. The molecule has 30 heavy (non-hydrogen) atoms. The van der Waals surface area contributed by atoms with Gasteiger partial charge in [0.05, 0.1) is 13.2 Å². The number of methoxy groups -OCH3 is 1. The van der Waals surface area contributed by atoms with E-state index < -0.39 is 0 Å². The second-order valence-corrected chi connectivity index (χ2v) is 8.29. The zero-order valence-corrected chi connectivity index (χ0v) is 21.1. The molecule has 1 heterocycles. The van der Waals surface area contributed by atoms with Gasteiger partial charge in [-0.25, -0.2) is 0 Å². The molecule has 7 heteroatoms. The van der Waals surface area contributed by atoms with Gasteiger partial charge in [-0.05, 0) is 75.2 Å². The monoisotopic (exact) mass is 530 g/mol. The number of hydrogen-bond acceptors (Lipinski definition) is 4. The standard InChI is InChI=1S/C23H38N4O2.HI/c1-4-29-15-12-23(10-11-23)18-26-22(24-2)25-17-21(27-13-5-6-14-27)19-8-7-9-20(16-19)28-3;/h7-9,16,21H,4-6,10-15,17-18H2,1-3H3,(H2,24,25,26);1H. The predicted octanol–water partition coefficient (Wildman–Crippen LogP) is 3.82. The lowest BCUT2D eigenvalue weighted by atomic mass is 10.0. The van der Waals surface area contributed by atoms with Crippen LogP contribution in [0.5, 0.6) is 5.75 Å². The molecule has 0 radical (unpaired) electrons. The summed E-state index contributed by atoms with van der Waals surface area (Å²) in [6.07, 6.45) is 6.24. The summed E-state index contributed by atoms with van der Waals surface area (Å²) >= 11 is 0. The highest BCUT2D eigenvalue weighted by Gasteiger charge is 2.42. The summed E-state index contributed by atoms with van der Waals surface area (Å²) in [4.78, 5) is 7.03. The minimum Gasteiger partial charge on any atom is -0.497 e. The molecular formula is C23H39IN4O2. The Balaban J connectivity index is 0.00000320. The molecule has 1 saturated heterocycles. The van der Waals surface area contributed by atoms with Crippen LogP contribution in [-0.4, -0.2) is 64.4 Å². The van der Waals surface area contributed by atoms with E-state index in [2.05, 4.69) is 45.6 Å². The molecule has 1 aliphatic heterocycles. The summed E-state index contributed by atoms with van der Waals surface area (Å²) in [5, 5.41) is 7.13. The van der Waals surface area contributed by atoms with Gasteiger partial charge in [0.1, 0.15) is 5.75 Å². The number of likely N-dealkylation sites (tertiary alicyclic amines) is 1. The van der Waals surface area contributed by atoms with Crippen LogP contribution in [0, 0.1) is 5.41 Å². The van der Waals surface area contributed by atoms with Gasteiger partial charge in [0.15, 0.2) is 5.96 Å². The fourth-order valence-corrected chi connectivity index (χ4v) is 4.17. The van der Waals surface area contributed by atoms with E-state index in [0.717, 1.165) is 57.5 Å². The van der Waals surface area contributed by atoms with Gasteiger partial charge in [-0.1, -0.05) is 12.1 Å². The van der Waals surface area contributed by atoms with E-state index in [-0.39, 0.29) is 24.0 Å². The third kappa shape index (κ3) is 7.27. The van der Waals surface area contributed by atoms with E-state index in [1.807, 2.05) is 13.1 Å². The number of hydrogen-bond donors (Lipinski definition) is 2. The van der Waals surface area contributed by atoms with Crippen molar-refractivity contribution in [3.8, 4) is 5.75 Å². The molecule has 1 aromatic rings. The number of nitrogens with one attached hydrogen (secondary N) is 2. The normalized spacial score (nSPS) is 19.1. The molecule has 2 aliphatic rings. The number of benzene rings is 1. The first-order chi connectivity index (χ1) is 14.2. The minimum atomic E-state index is 0. The van der Waals surface area contributed by atoms with Gasteiger partial charge in [-0.3, -0.25) is 9.89 Å². The van der Waals surface area contributed by atoms with Crippen molar-refractivity contribution in [2.24, 2.45) is 10.4 Å². The molecule has 2 N–H and O–H groups in total. The third-order valence-electron chi connectivity index (χ3n) is 6.32. The van der Waals surface area contributed by atoms with Crippen LogP contribution in [0.2, 0.25) is 0 Å². The van der Waals surface area contributed by atoms with Crippen molar-refractivity contribution in [3.63, 3.8) is 0 Å². The molecule has 170 valence electrons. The maximum absolute atomic E-state index is 5.56. The van der Waals surface area contributed by atoms with Crippen LogP contribution in [0.3, 0.4) is 0 Å². The Morgan fingerprint density at radius 3 is 2.63 bits per heavy atom. The summed E-state index contributed by atoms with van der Waals surface area (Å²) in [6, 6.07) is 8.78. The van der Waals surface area contributed by atoms with Crippen molar-refractivity contribution >= 4 is 29.9 Å². The molecule has 1 aliphatic carbocycles. The van der Waals surface area contributed by atoms with Gasteiger partial charge >= 0.3 is 0 Å². The van der Waals surface area contributed by atoms with Crippen molar-refractivity contribution in [2.45, 2.75) is 45.1 Å². The number of aliphatic imine (C=N–C) groups is 1. The predicted molar refractivity (Wildman–Crippen MR) is 134 cm³/mol. The molecule has 1 unspecified atom stereocenters. The topological polar surface area (TPSA) is 58.1 Å². The smallest absolute Gasteiger partial charge is 0.191 e. The second kappa shape index (κ2) is 12.7. The van der Waals surface area contributed by atoms with Crippen molar-refractivity contribution in [3.05, 3.63) is 29.8 Å². The lowest BCUT2D eigenvalue weighted by Gasteiger charge is -2.29. The van der Waals surface area contributed by atoms with Crippen LogP contribution < -0.4 is 15.4 Å². The second-order valence-electron chi connectivity index (χ2n) is 8.29. The molecule has 3 rings (SSSR count). The summed E-state index contributed by atoms with van der Waals surface area (Å²) in [7, 11) is 3.58. The van der Waals surface area contributed by atoms with Gasteiger partial charge in [-0.15, -0.1) is 24.0 Å². The van der Waals surface area contributed by atoms with Crippen LogP contribution >= 0.6 is 24.0 Å². The average molecular weight is 530 g/mol. The number of halogens is 1. The van der Waals surface area contributed by atoms with E-state index in [0.29, 0.717) is 11.5 Å². The van der Waals surface area contributed by atoms with Crippen molar-refractivity contribution < 1.29 is 9.47 Å². The van der Waals surface area contributed by atoms with E-state index in [4.69, 9.17) is 9.47 Å². The van der Waals surface area contributed by atoms with Crippen molar-refractivity contribution in [2.75, 3.05) is 53.6 Å². The zero-order chi connectivity index (χ0) is 20.5. The van der Waals surface area contributed by atoms with Crippen LogP contribution in [0.4, 0.5) is 0 Å². The van der Waals surface area contributed by atoms with Crippen molar-refractivity contribution in [1.82, 2.24) is 15.5 Å². The first-order valence-corrected chi connectivity index (χ1v) is 11.1. The Morgan fingerprint density at radius 2 is 2.00 bits per heavy atom. The Kier molecular flexibility index (Phi) is 10.7. The first-order valence-electron chi connectivity index (χ1n) is 11.1. The molecule has 1 aromatic carbocycles. The molecular weight excluding hydrogens is 491 g/mol. The third-order valence-corrected chi connectivity index (χ3v) is 6.32. The lowest BCUT2D eigenvalue weighted by molar-refractivity contribution is 0.128. The number of ether oxygens (including phenoxy) is 2. The zero-order valence-electron chi connectivity index (χ0n) is 18.8. The fraction of sp³-hybridized carbons (Fsp3) is 0.696. The van der Waals surface area contributed by atoms with Gasteiger partial charge in [0, 0.05) is 33.4 Å². The van der Waals surface area contributed by atoms with Crippen LogP contribution in [0.15, 0.2) is 29.3 Å². The summed E-state index contributed by atoms with van der Waals surface area (Å²) in [5.41, 5.74) is 1.69. The van der Waals surface area contributed by atoms with Gasteiger partial charge in [0.25, 0.3) is 0 Å². The quantitative estimate of drug-likeness (QED) is 0.197. The molecule has 6 nitrogen and oxygen atoms in total. The van der Waals surface area contributed by atoms with Crippen LogP contribution in [-0.2, 0) is 4.74 Å². The molecule has 0 amide bonds. The number of guanidine groups is 1. The largest absolute Gasteiger partial charge is 0.497 e. The molecule has 2 fully saturated rings. The molecule has 1 atom stereocenters. The van der Waals surface area contributed by atoms with E-state index >= 15 is 0 Å². The van der Waals surface area contributed by atoms with E-state index in [1.165, 1.54) is 31.2 Å². The maximum atomic E-state index is 5.56. The van der Waals surface area contributed by atoms with E-state index in [1.54, 1.807) is 7.11 Å². The molecule has 1 saturated carbocycles. The SMILES string of the molecule is CCOCCC1(CNC(=NC)NCC(c2cccc(OC)c2)N2CCCC2)CC1.I. The highest BCUT2D eigenvalue weighted by atomic mass is 127.